The smallest absolute Gasteiger partial charge is 0.359 e. The largest absolute Gasteiger partial charge is 0.377 e. The van der Waals surface area contributed by atoms with Crippen molar-refractivity contribution in [3.8, 4) is 0 Å². The molecular weight excluding hydrogens is 257 g/mol. The van der Waals surface area contributed by atoms with Crippen molar-refractivity contribution in [3.05, 3.63) is 0 Å². The topological polar surface area (TPSA) is 90.2 Å². The first-order chi connectivity index (χ1) is 7.88. The number of hydrogen-bond donors (Lipinski definition) is 3. The Morgan fingerprint density at radius 2 is 1.61 bits per heavy atom. The summed E-state index contributed by atoms with van der Waals surface area (Å²) in [6.07, 6.45) is -0.0680. The zero-order valence-corrected chi connectivity index (χ0v) is 12.6. The molecule has 0 radical (unpaired) electrons. The maximum atomic E-state index is 12.2. The highest BCUT2D eigenvalue weighted by molar-refractivity contribution is 7.54. The van der Waals surface area contributed by atoms with Crippen LogP contribution in [-0.2, 0) is 9.09 Å². The minimum atomic E-state index is -4.15. The first-order valence-electron chi connectivity index (χ1n) is 6.07. The monoisotopic (exact) mass is 281 g/mol. The molecule has 6 nitrogen and oxygen atoms in total. The summed E-state index contributed by atoms with van der Waals surface area (Å²) in [5.41, 5.74) is -1.63. The van der Waals surface area contributed by atoms with E-state index >= 15 is 0 Å². The van der Waals surface area contributed by atoms with Crippen molar-refractivity contribution in [2.75, 3.05) is 6.61 Å². The SMILES string of the molecule is CCOP(=O)(O)C1(O)CC(C)(C)N(O)C(C)(C)C1. The van der Waals surface area contributed by atoms with E-state index in [1.807, 2.05) is 0 Å². The third-order valence-corrected chi connectivity index (χ3v) is 5.38. The molecule has 1 rings (SSSR count). The van der Waals surface area contributed by atoms with Gasteiger partial charge in [0.05, 0.1) is 6.61 Å². The lowest BCUT2D eigenvalue weighted by Crippen LogP contribution is -2.64. The Labute approximate surface area is 108 Å². The van der Waals surface area contributed by atoms with Crippen molar-refractivity contribution in [1.29, 1.82) is 0 Å². The van der Waals surface area contributed by atoms with Gasteiger partial charge in [0, 0.05) is 23.9 Å². The fourth-order valence-corrected chi connectivity index (χ4v) is 4.68. The fraction of sp³-hybridized carbons (Fsp3) is 1.00. The van der Waals surface area contributed by atoms with E-state index in [1.165, 1.54) is 0 Å². The molecule has 0 aromatic heterocycles. The van der Waals surface area contributed by atoms with Gasteiger partial charge in [0.15, 0.2) is 5.34 Å². The molecule has 3 N–H and O–H groups in total. The van der Waals surface area contributed by atoms with Crippen molar-refractivity contribution in [3.63, 3.8) is 0 Å². The molecule has 1 aliphatic rings. The van der Waals surface area contributed by atoms with Crippen molar-refractivity contribution in [1.82, 2.24) is 5.06 Å². The van der Waals surface area contributed by atoms with Gasteiger partial charge in [-0.3, -0.25) is 4.57 Å². The molecule has 1 heterocycles. The molecule has 0 amide bonds. The molecular formula is C11H24NO5P. The molecule has 0 aromatic carbocycles. The second kappa shape index (κ2) is 4.54. The zero-order valence-electron chi connectivity index (χ0n) is 11.7. The maximum absolute atomic E-state index is 12.2. The predicted molar refractivity (Wildman–Crippen MR) is 67.4 cm³/mol. The van der Waals surface area contributed by atoms with Gasteiger partial charge in [-0.25, -0.2) is 0 Å². The summed E-state index contributed by atoms with van der Waals surface area (Å²) in [4.78, 5) is 9.93. The van der Waals surface area contributed by atoms with E-state index in [2.05, 4.69) is 0 Å². The molecule has 1 aliphatic heterocycles. The highest BCUT2D eigenvalue weighted by Gasteiger charge is 2.60. The molecule has 0 aromatic rings. The van der Waals surface area contributed by atoms with Crippen LogP contribution in [0, 0.1) is 0 Å². The minimum absolute atomic E-state index is 0.0340. The van der Waals surface area contributed by atoms with Crippen molar-refractivity contribution < 1.29 is 24.3 Å². The third-order valence-electron chi connectivity index (χ3n) is 3.41. The Morgan fingerprint density at radius 3 is 1.94 bits per heavy atom. The van der Waals surface area contributed by atoms with Crippen molar-refractivity contribution in [2.24, 2.45) is 0 Å². The number of piperidine rings is 1. The Balaban J connectivity index is 3.16. The van der Waals surface area contributed by atoms with E-state index in [0.717, 1.165) is 5.06 Å². The van der Waals surface area contributed by atoms with Crippen LogP contribution in [0.1, 0.15) is 47.5 Å². The van der Waals surface area contributed by atoms with Gasteiger partial charge in [0.1, 0.15) is 0 Å². The third kappa shape index (κ3) is 2.64. The van der Waals surface area contributed by atoms with Gasteiger partial charge in [-0.1, -0.05) is 0 Å². The van der Waals surface area contributed by atoms with Gasteiger partial charge in [-0.15, -0.1) is 0 Å². The van der Waals surface area contributed by atoms with Crippen molar-refractivity contribution >= 4 is 7.60 Å². The number of hydroxylamine groups is 2. The van der Waals surface area contributed by atoms with Gasteiger partial charge in [0.25, 0.3) is 0 Å². The summed E-state index contributed by atoms with van der Waals surface area (Å²) in [7, 11) is -4.15. The van der Waals surface area contributed by atoms with Crippen LogP contribution in [0.4, 0.5) is 0 Å². The lowest BCUT2D eigenvalue weighted by molar-refractivity contribution is -0.265. The van der Waals surface area contributed by atoms with Crippen LogP contribution in [-0.4, -0.2) is 43.3 Å². The quantitative estimate of drug-likeness (QED) is 0.685. The first-order valence-corrected chi connectivity index (χ1v) is 7.65. The van der Waals surface area contributed by atoms with E-state index in [9.17, 15) is 19.8 Å². The van der Waals surface area contributed by atoms with Gasteiger partial charge < -0.3 is 19.7 Å². The number of aliphatic hydroxyl groups is 1. The summed E-state index contributed by atoms with van der Waals surface area (Å²) < 4.78 is 17.0. The minimum Gasteiger partial charge on any atom is -0.377 e. The molecule has 108 valence electrons. The van der Waals surface area contributed by atoms with E-state index in [4.69, 9.17) is 4.52 Å². The van der Waals surface area contributed by atoms with Crippen molar-refractivity contribution in [2.45, 2.75) is 63.9 Å². The Morgan fingerprint density at radius 1 is 1.22 bits per heavy atom. The van der Waals surface area contributed by atoms with Gasteiger partial charge >= 0.3 is 7.60 Å². The molecule has 1 atom stereocenters. The number of hydrogen-bond acceptors (Lipinski definition) is 5. The van der Waals surface area contributed by atoms with E-state index in [0.29, 0.717) is 0 Å². The maximum Gasteiger partial charge on any atom is 0.359 e. The second-order valence-electron chi connectivity index (χ2n) is 6.21. The van der Waals surface area contributed by atoms with Crippen LogP contribution in [0.3, 0.4) is 0 Å². The number of nitrogens with zero attached hydrogens (tertiary/aromatic N) is 1. The summed E-state index contributed by atoms with van der Waals surface area (Å²) in [5, 5.41) is 19.9. The van der Waals surface area contributed by atoms with E-state index in [-0.39, 0.29) is 19.4 Å². The van der Waals surface area contributed by atoms with Gasteiger partial charge in [0.2, 0.25) is 0 Å². The molecule has 18 heavy (non-hydrogen) atoms. The molecule has 1 saturated heterocycles. The van der Waals surface area contributed by atoms with Gasteiger partial charge in [-0.05, 0) is 34.6 Å². The highest BCUT2D eigenvalue weighted by atomic mass is 31.2. The lowest BCUT2D eigenvalue weighted by Gasteiger charge is -2.54. The molecule has 0 bridgehead atoms. The average molecular weight is 281 g/mol. The van der Waals surface area contributed by atoms with Crippen LogP contribution in [0.15, 0.2) is 0 Å². The predicted octanol–water partition coefficient (Wildman–Crippen LogP) is 1.94. The molecule has 1 fully saturated rings. The summed E-state index contributed by atoms with van der Waals surface area (Å²) in [6.45, 7) is 8.51. The second-order valence-corrected chi connectivity index (χ2v) is 8.34. The first kappa shape index (κ1) is 16.1. The standard InChI is InChI=1S/C11H24NO5P/c1-6-17-18(15,16)11(13)7-9(2,3)12(14)10(4,5)8-11/h13-14H,6-8H2,1-5H3,(H,15,16). The summed E-state index contributed by atoms with van der Waals surface area (Å²) in [6, 6.07) is 0. The Bertz CT molecular complexity index is 350. The summed E-state index contributed by atoms with van der Waals surface area (Å²) in [5.74, 6) is 0. The van der Waals surface area contributed by atoms with Crippen LogP contribution in [0.5, 0.6) is 0 Å². The highest BCUT2D eigenvalue weighted by Crippen LogP contribution is 2.62. The van der Waals surface area contributed by atoms with Crippen LogP contribution in [0.25, 0.3) is 0 Å². The molecule has 7 heteroatoms. The van der Waals surface area contributed by atoms with E-state index < -0.39 is 24.0 Å². The molecule has 1 unspecified atom stereocenters. The zero-order chi connectivity index (χ0) is 14.4. The van der Waals surface area contributed by atoms with E-state index in [1.54, 1.807) is 34.6 Å². The van der Waals surface area contributed by atoms with Crippen LogP contribution in [0.2, 0.25) is 0 Å². The van der Waals surface area contributed by atoms with Crippen LogP contribution >= 0.6 is 7.60 Å². The fourth-order valence-electron chi connectivity index (χ4n) is 2.91. The Hall–Kier alpha value is 0.0300. The normalized spacial score (nSPS) is 29.8. The average Bonchev–Trinajstić information content (AvgIpc) is 2.12. The number of rotatable bonds is 3. The molecule has 0 saturated carbocycles. The van der Waals surface area contributed by atoms with Crippen LogP contribution < -0.4 is 0 Å². The summed E-state index contributed by atoms with van der Waals surface area (Å²) >= 11 is 0. The lowest BCUT2D eigenvalue weighted by atomic mass is 9.80. The van der Waals surface area contributed by atoms with Gasteiger partial charge in [-0.2, -0.15) is 5.06 Å². The molecule has 0 spiro atoms. The molecule has 0 aliphatic carbocycles. The Kier molecular flexibility index (Phi) is 4.06.